The van der Waals surface area contributed by atoms with E-state index in [4.69, 9.17) is 0 Å². The van der Waals surface area contributed by atoms with Crippen molar-refractivity contribution < 1.29 is 4.79 Å². The van der Waals surface area contributed by atoms with Crippen LogP contribution < -0.4 is 0 Å². The third-order valence-electron chi connectivity index (χ3n) is 6.09. The van der Waals surface area contributed by atoms with E-state index >= 15 is 0 Å². The normalized spacial score (nSPS) is 15.1. The van der Waals surface area contributed by atoms with Gasteiger partial charge in [0.05, 0.1) is 0 Å². The molecular weight excluding hydrogens is 342 g/mol. The highest BCUT2D eigenvalue weighted by atomic mass is 16.1. The lowest BCUT2D eigenvalue weighted by molar-refractivity contribution is 0.104. The number of unbranched alkanes of at least 4 members (excludes halogenated alkanes) is 3. The average molecular weight is 374 g/mol. The molecule has 1 aromatic heterocycles. The molecule has 0 atom stereocenters. The van der Waals surface area contributed by atoms with E-state index in [0.717, 1.165) is 42.3 Å². The second-order valence-electron chi connectivity index (χ2n) is 9.14. The van der Waals surface area contributed by atoms with Crippen molar-refractivity contribution in [2.45, 2.75) is 65.8 Å². The first kappa shape index (κ1) is 19.0. The second-order valence-corrected chi connectivity index (χ2v) is 9.14. The molecule has 0 saturated heterocycles. The van der Waals surface area contributed by atoms with Gasteiger partial charge >= 0.3 is 0 Å². The number of benzene rings is 2. The van der Waals surface area contributed by atoms with Crippen molar-refractivity contribution in [2.24, 2.45) is 5.41 Å². The Bertz CT molecular complexity index is 1010. The van der Waals surface area contributed by atoms with Gasteiger partial charge in [0, 0.05) is 34.8 Å². The van der Waals surface area contributed by atoms with Crippen LogP contribution in [-0.2, 0) is 19.4 Å². The van der Waals surface area contributed by atoms with Crippen LogP contribution in [0.25, 0.3) is 10.9 Å². The van der Waals surface area contributed by atoms with Gasteiger partial charge in [0.25, 0.3) is 0 Å². The van der Waals surface area contributed by atoms with Crippen LogP contribution in [0.2, 0.25) is 0 Å². The largest absolute Gasteiger partial charge is 0.347 e. The maximum atomic E-state index is 13.4. The number of aryl methyl sites for hydroxylation is 1. The molecule has 0 N–H and O–H groups in total. The molecule has 0 bridgehead atoms. The topological polar surface area (TPSA) is 22.0 Å². The Balaban J connectivity index is 1.65. The lowest BCUT2D eigenvalue weighted by Gasteiger charge is -2.14. The fraction of sp³-hybridized carbons (Fsp3) is 0.423. The van der Waals surface area contributed by atoms with Crippen LogP contribution in [0.15, 0.2) is 48.7 Å². The molecule has 0 saturated carbocycles. The van der Waals surface area contributed by atoms with Crippen molar-refractivity contribution in [1.29, 1.82) is 0 Å². The van der Waals surface area contributed by atoms with Crippen LogP contribution in [0.1, 0.15) is 73.5 Å². The number of aromatic nitrogens is 1. The summed E-state index contributed by atoms with van der Waals surface area (Å²) in [5.74, 6) is 0.149. The molecule has 0 radical (unpaired) electrons. The summed E-state index contributed by atoms with van der Waals surface area (Å²) in [6.45, 7) is 7.83. The second kappa shape index (κ2) is 7.58. The lowest BCUT2D eigenvalue weighted by atomic mass is 9.90. The smallest absolute Gasteiger partial charge is 0.195 e. The molecule has 1 aliphatic carbocycles. The van der Waals surface area contributed by atoms with Gasteiger partial charge in [0.1, 0.15) is 0 Å². The number of rotatable bonds is 7. The van der Waals surface area contributed by atoms with Crippen LogP contribution in [-0.4, -0.2) is 10.4 Å². The molecule has 3 aromatic rings. The molecule has 4 rings (SSSR count). The van der Waals surface area contributed by atoms with Gasteiger partial charge in [-0.2, -0.15) is 0 Å². The third kappa shape index (κ3) is 3.65. The van der Waals surface area contributed by atoms with E-state index in [1.54, 1.807) is 0 Å². The number of carbonyl (C=O) groups is 1. The van der Waals surface area contributed by atoms with Gasteiger partial charge in [0.15, 0.2) is 5.78 Å². The molecule has 28 heavy (non-hydrogen) atoms. The highest BCUT2D eigenvalue weighted by Crippen LogP contribution is 2.37. The van der Waals surface area contributed by atoms with Crippen LogP contribution in [0.3, 0.4) is 0 Å². The zero-order valence-electron chi connectivity index (χ0n) is 17.4. The average Bonchev–Trinajstić information content (AvgIpc) is 3.20. The first-order valence-corrected chi connectivity index (χ1v) is 10.7. The number of fused-ring (bicyclic) bond motifs is 2. The van der Waals surface area contributed by atoms with E-state index in [9.17, 15) is 4.79 Å². The summed E-state index contributed by atoms with van der Waals surface area (Å²) in [5, 5.41) is 1.07. The number of hydrogen-bond donors (Lipinski definition) is 0. The van der Waals surface area contributed by atoms with E-state index in [-0.39, 0.29) is 5.78 Å². The summed E-state index contributed by atoms with van der Waals surface area (Å²) in [4.78, 5) is 13.4. The molecule has 0 aliphatic heterocycles. The minimum atomic E-state index is 0.149. The third-order valence-corrected chi connectivity index (χ3v) is 6.09. The summed E-state index contributed by atoms with van der Waals surface area (Å²) < 4.78 is 2.27. The molecule has 0 fully saturated rings. The Hall–Kier alpha value is -2.35. The van der Waals surface area contributed by atoms with E-state index in [0.29, 0.717) is 5.41 Å². The molecule has 1 heterocycles. The lowest BCUT2D eigenvalue weighted by Crippen LogP contribution is -2.09. The van der Waals surface area contributed by atoms with Crippen LogP contribution in [0.5, 0.6) is 0 Å². The minimum absolute atomic E-state index is 0.149. The molecule has 0 unspecified atom stereocenters. The van der Waals surface area contributed by atoms with E-state index in [2.05, 4.69) is 61.9 Å². The molecule has 2 nitrogen and oxygen atoms in total. The minimum Gasteiger partial charge on any atom is -0.347 e. The predicted octanol–water partition coefficient (Wildman–Crippen LogP) is 6.58. The Morgan fingerprint density at radius 1 is 1.00 bits per heavy atom. The van der Waals surface area contributed by atoms with Crippen LogP contribution in [0, 0.1) is 5.41 Å². The van der Waals surface area contributed by atoms with Gasteiger partial charge in [-0.25, -0.2) is 0 Å². The van der Waals surface area contributed by atoms with E-state index in [1.807, 2.05) is 12.1 Å². The maximum Gasteiger partial charge on any atom is 0.195 e. The van der Waals surface area contributed by atoms with E-state index < -0.39 is 0 Å². The Kier molecular flexibility index (Phi) is 5.14. The van der Waals surface area contributed by atoms with Gasteiger partial charge < -0.3 is 4.57 Å². The van der Waals surface area contributed by atoms with Gasteiger partial charge in [-0.05, 0) is 47.9 Å². The molecule has 0 spiro atoms. The summed E-state index contributed by atoms with van der Waals surface area (Å²) in [7, 11) is 0. The Morgan fingerprint density at radius 3 is 2.61 bits per heavy atom. The highest BCUT2D eigenvalue weighted by Gasteiger charge is 2.29. The number of nitrogens with zero attached hydrogens (tertiary/aromatic N) is 1. The van der Waals surface area contributed by atoms with Crippen molar-refractivity contribution in [1.82, 2.24) is 4.57 Å². The van der Waals surface area contributed by atoms with Crippen molar-refractivity contribution in [3.63, 3.8) is 0 Å². The number of carbonyl (C=O) groups excluding carboxylic acids is 1. The summed E-state index contributed by atoms with van der Waals surface area (Å²) >= 11 is 0. The molecule has 146 valence electrons. The SMILES string of the molecule is CCCCCCn1cc(C(=O)c2ccc3c(c2)CC(C)(C)C3)c2ccccc21. The Labute approximate surface area is 168 Å². The van der Waals surface area contributed by atoms with Crippen molar-refractivity contribution >= 4 is 16.7 Å². The van der Waals surface area contributed by atoms with Crippen molar-refractivity contribution in [3.8, 4) is 0 Å². The number of para-hydroxylation sites is 1. The molecule has 1 aliphatic rings. The van der Waals surface area contributed by atoms with Gasteiger partial charge in [0.2, 0.25) is 0 Å². The number of ketones is 1. The van der Waals surface area contributed by atoms with E-state index in [1.165, 1.54) is 35.9 Å². The zero-order chi connectivity index (χ0) is 19.7. The van der Waals surface area contributed by atoms with Crippen molar-refractivity contribution in [2.75, 3.05) is 0 Å². The first-order chi connectivity index (χ1) is 13.5. The van der Waals surface area contributed by atoms with Gasteiger partial charge in [-0.15, -0.1) is 0 Å². The fourth-order valence-corrected chi connectivity index (χ4v) is 4.67. The standard InChI is InChI=1S/C26H31NO/c1-4-5-6-9-14-27-18-23(22-10-7-8-11-24(22)27)25(28)19-12-13-20-16-26(2,3)17-21(20)15-19/h7-8,10-13,15,18H,4-6,9,14,16-17H2,1-3H3. The number of hydrogen-bond acceptors (Lipinski definition) is 1. The highest BCUT2D eigenvalue weighted by molar-refractivity contribution is 6.16. The van der Waals surface area contributed by atoms with Gasteiger partial charge in [-0.1, -0.05) is 70.4 Å². The zero-order valence-corrected chi connectivity index (χ0v) is 17.4. The fourth-order valence-electron chi connectivity index (χ4n) is 4.67. The summed E-state index contributed by atoms with van der Waals surface area (Å²) in [6.07, 6.45) is 9.16. The summed E-state index contributed by atoms with van der Waals surface area (Å²) in [5.41, 5.74) is 5.88. The maximum absolute atomic E-state index is 13.4. The summed E-state index contributed by atoms with van der Waals surface area (Å²) in [6, 6.07) is 14.7. The Morgan fingerprint density at radius 2 is 1.79 bits per heavy atom. The van der Waals surface area contributed by atoms with Gasteiger partial charge in [-0.3, -0.25) is 4.79 Å². The van der Waals surface area contributed by atoms with Crippen LogP contribution >= 0.6 is 0 Å². The molecule has 2 aromatic carbocycles. The molecule has 0 amide bonds. The van der Waals surface area contributed by atoms with Crippen molar-refractivity contribution in [3.05, 3.63) is 70.9 Å². The van der Waals surface area contributed by atoms with Crippen LogP contribution in [0.4, 0.5) is 0 Å². The monoisotopic (exact) mass is 373 g/mol. The first-order valence-electron chi connectivity index (χ1n) is 10.7. The quantitative estimate of drug-likeness (QED) is 0.339. The predicted molar refractivity (Wildman–Crippen MR) is 117 cm³/mol. The molecular formula is C26H31NO. The molecule has 2 heteroatoms.